The summed E-state index contributed by atoms with van der Waals surface area (Å²) in [5.74, 6) is 0.0405. The third-order valence-electron chi connectivity index (χ3n) is 2.84. The number of rotatable bonds is 7. The van der Waals surface area contributed by atoms with Gasteiger partial charge in [0.25, 0.3) is 0 Å². The molecule has 0 saturated heterocycles. The van der Waals surface area contributed by atoms with Gasteiger partial charge in [-0.3, -0.25) is 10.1 Å². The number of amides is 1. The second-order valence-electron chi connectivity index (χ2n) is 5.84. The zero-order valence-corrected chi connectivity index (χ0v) is 13.9. The molecule has 6 heteroatoms. The number of hydrogen-bond donors (Lipinski definition) is 1. The number of nitrogens with one attached hydrogen (secondary N) is 1. The van der Waals surface area contributed by atoms with Gasteiger partial charge in [-0.25, -0.2) is 4.79 Å². The van der Waals surface area contributed by atoms with E-state index in [0.29, 0.717) is 24.3 Å². The Hall–Kier alpha value is -1.92. The summed E-state index contributed by atoms with van der Waals surface area (Å²) < 4.78 is 5.23. The molecule has 1 aromatic carbocycles. The molecule has 122 valence electrons. The maximum atomic E-state index is 11.9. The van der Waals surface area contributed by atoms with Gasteiger partial charge in [0.05, 0.1) is 6.54 Å². The van der Waals surface area contributed by atoms with Crippen LogP contribution in [0.3, 0.4) is 0 Å². The number of ether oxygens (including phenoxy) is 1. The maximum absolute atomic E-state index is 11.9. The lowest BCUT2D eigenvalue weighted by Gasteiger charge is -2.17. The Morgan fingerprint density at radius 1 is 1.09 bits per heavy atom. The predicted octanol–water partition coefficient (Wildman–Crippen LogP) is 1.93. The Morgan fingerprint density at radius 2 is 1.68 bits per heavy atom. The topological polar surface area (TPSA) is 61.9 Å². The lowest BCUT2D eigenvalue weighted by atomic mass is 10.1. The molecule has 0 saturated carbocycles. The summed E-state index contributed by atoms with van der Waals surface area (Å²) in [5.41, 5.74) is 1.22. The Balaban J connectivity index is 2.53. The summed E-state index contributed by atoms with van der Waals surface area (Å²) >= 11 is 0. The van der Waals surface area contributed by atoms with E-state index in [9.17, 15) is 9.59 Å². The van der Waals surface area contributed by atoms with Crippen molar-refractivity contribution in [3.63, 3.8) is 0 Å². The van der Waals surface area contributed by atoms with E-state index < -0.39 is 6.09 Å². The van der Waals surface area contributed by atoms with Crippen molar-refractivity contribution in [1.29, 1.82) is 0 Å². The molecule has 1 N–H and O–H groups in total. The Kier molecular flexibility index (Phi) is 7.01. The molecular formula is C16H25N3O3. The molecule has 0 heterocycles. The number of carbonyl (C=O) groups is 2. The molecule has 0 radical (unpaired) electrons. The van der Waals surface area contributed by atoms with Crippen molar-refractivity contribution in [3.8, 4) is 0 Å². The van der Waals surface area contributed by atoms with Crippen molar-refractivity contribution >= 4 is 17.6 Å². The fraction of sp³-hybridized carbons (Fsp3) is 0.500. The average molecular weight is 307 g/mol. The summed E-state index contributed by atoms with van der Waals surface area (Å²) in [6.45, 7) is 2.85. The molecule has 0 aromatic heterocycles. The van der Waals surface area contributed by atoms with Gasteiger partial charge < -0.3 is 14.5 Å². The van der Waals surface area contributed by atoms with E-state index in [0.717, 1.165) is 0 Å². The van der Waals surface area contributed by atoms with Crippen LogP contribution in [-0.2, 0) is 4.74 Å². The lowest BCUT2D eigenvalue weighted by molar-refractivity contribution is 0.0957. The summed E-state index contributed by atoms with van der Waals surface area (Å²) in [5, 5.41) is 2.65. The van der Waals surface area contributed by atoms with Gasteiger partial charge in [0.2, 0.25) is 0 Å². The fourth-order valence-electron chi connectivity index (χ4n) is 2.00. The largest absolute Gasteiger partial charge is 0.445 e. The number of carbonyl (C=O) groups excluding carboxylic acids is 2. The van der Waals surface area contributed by atoms with E-state index in [1.54, 1.807) is 24.3 Å². The second kappa shape index (κ2) is 8.51. The number of hydrogen-bond acceptors (Lipinski definition) is 5. The monoisotopic (exact) mass is 307 g/mol. The number of likely N-dealkylation sites (N-methyl/N-ethyl adjacent to an activating group) is 2. The van der Waals surface area contributed by atoms with Crippen LogP contribution in [0, 0.1) is 0 Å². The average Bonchev–Trinajstić information content (AvgIpc) is 2.37. The van der Waals surface area contributed by atoms with Crippen LogP contribution in [0.2, 0.25) is 0 Å². The Bertz CT molecular complexity index is 498. The zero-order chi connectivity index (χ0) is 16.7. The summed E-state index contributed by atoms with van der Waals surface area (Å²) in [4.78, 5) is 27.4. The van der Waals surface area contributed by atoms with Crippen LogP contribution < -0.4 is 5.32 Å². The Labute approximate surface area is 132 Å². The normalized spacial score (nSPS) is 12.3. The summed E-state index contributed by atoms with van der Waals surface area (Å²) in [6, 6.07) is 6.79. The van der Waals surface area contributed by atoms with E-state index in [-0.39, 0.29) is 11.9 Å². The first-order chi connectivity index (χ1) is 10.3. The summed E-state index contributed by atoms with van der Waals surface area (Å²) in [6.07, 6.45) is -0.697. The van der Waals surface area contributed by atoms with Crippen molar-refractivity contribution < 1.29 is 14.3 Å². The zero-order valence-electron chi connectivity index (χ0n) is 13.9. The fourth-order valence-corrected chi connectivity index (χ4v) is 2.00. The third kappa shape index (κ3) is 6.69. The van der Waals surface area contributed by atoms with Gasteiger partial charge in [0.15, 0.2) is 5.78 Å². The number of anilines is 1. The van der Waals surface area contributed by atoms with Crippen LogP contribution in [0.1, 0.15) is 17.3 Å². The highest BCUT2D eigenvalue weighted by molar-refractivity contribution is 5.98. The van der Waals surface area contributed by atoms with Gasteiger partial charge in [-0.2, -0.15) is 0 Å². The molecule has 1 amide bonds. The Morgan fingerprint density at radius 3 is 2.18 bits per heavy atom. The van der Waals surface area contributed by atoms with E-state index in [2.05, 4.69) is 5.32 Å². The molecule has 6 nitrogen and oxygen atoms in total. The van der Waals surface area contributed by atoms with Crippen molar-refractivity contribution in [2.75, 3.05) is 46.6 Å². The molecule has 0 aliphatic rings. The molecule has 22 heavy (non-hydrogen) atoms. The van der Waals surface area contributed by atoms with Crippen molar-refractivity contribution in [2.45, 2.75) is 13.0 Å². The van der Waals surface area contributed by atoms with Crippen LogP contribution in [0.25, 0.3) is 0 Å². The van der Waals surface area contributed by atoms with Gasteiger partial charge in [0.1, 0.15) is 6.10 Å². The number of ketones is 1. The van der Waals surface area contributed by atoms with Gasteiger partial charge in [0, 0.05) is 17.8 Å². The predicted molar refractivity (Wildman–Crippen MR) is 87.4 cm³/mol. The molecular weight excluding hydrogens is 282 g/mol. The quantitative estimate of drug-likeness (QED) is 0.780. The molecule has 1 rings (SSSR count). The minimum Gasteiger partial charge on any atom is -0.445 e. The maximum Gasteiger partial charge on any atom is 0.411 e. The highest BCUT2D eigenvalue weighted by atomic mass is 16.6. The van der Waals surface area contributed by atoms with Crippen LogP contribution in [-0.4, -0.2) is 69.1 Å². The van der Waals surface area contributed by atoms with E-state index in [4.69, 9.17) is 4.74 Å². The third-order valence-corrected chi connectivity index (χ3v) is 2.84. The number of Topliss-reactive ketones (excluding diaryl/α,β-unsaturated/α-hetero) is 1. The van der Waals surface area contributed by atoms with Gasteiger partial charge in [-0.05, 0) is 59.4 Å². The lowest BCUT2D eigenvalue weighted by Crippen LogP contribution is -2.29. The van der Waals surface area contributed by atoms with Gasteiger partial charge in [-0.15, -0.1) is 0 Å². The first kappa shape index (κ1) is 18.1. The van der Waals surface area contributed by atoms with E-state index >= 15 is 0 Å². The molecule has 1 aromatic rings. The molecule has 0 bridgehead atoms. The van der Waals surface area contributed by atoms with E-state index in [1.807, 2.05) is 44.9 Å². The van der Waals surface area contributed by atoms with E-state index in [1.165, 1.54) is 0 Å². The number of nitrogens with zero attached hydrogens (tertiary/aromatic N) is 2. The first-order valence-electron chi connectivity index (χ1n) is 7.18. The highest BCUT2D eigenvalue weighted by Gasteiger charge is 2.11. The first-order valence-corrected chi connectivity index (χ1v) is 7.18. The molecule has 1 unspecified atom stereocenters. The van der Waals surface area contributed by atoms with Crippen LogP contribution in [0.15, 0.2) is 24.3 Å². The SMILES string of the molecule is CC(CN(C)C)OC(=O)Nc1ccc(C(=O)CN(C)C)cc1. The number of benzene rings is 1. The van der Waals surface area contributed by atoms with Crippen molar-refractivity contribution in [3.05, 3.63) is 29.8 Å². The minimum atomic E-state index is -0.498. The molecule has 0 spiro atoms. The minimum absolute atomic E-state index is 0.0405. The second-order valence-corrected chi connectivity index (χ2v) is 5.84. The van der Waals surface area contributed by atoms with Crippen LogP contribution >= 0.6 is 0 Å². The van der Waals surface area contributed by atoms with Gasteiger partial charge in [-0.1, -0.05) is 0 Å². The molecule has 0 aliphatic heterocycles. The summed E-state index contributed by atoms with van der Waals surface area (Å²) in [7, 11) is 7.53. The molecule has 0 fully saturated rings. The molecule has 0 aliphatic carbocycles. The van der Waals surface area contributed by atoms with Crippen molar-refractivity contribution in [2.24, 2.45) is 0 Å². The van der Waals surface area contributed by atoms with Gasteiger partial charge >= 0.3 is 6.09 Å². The highest BCUT2D eigenvalue weighted by Crippen LogP contribution is 2.11. The van der Waals surface area contributed by atoms with Crippen molar-refractivity contribution in [1.82, 2.24) is 9.80 Å². The smallest absolute Gasteiger partial charge is 0.411 e. The van der Waals surface area contributed by atoms with Crippen LogP contribution in [0.4, 0.5) is 10.5 Å². The standard InChI is InChI=1S/C16H25N3O3/c1-12(10-18(2)3)22-16(21)17-14-8-6-13(7-9-14)15(20)11-19(4)5/h6-9,12H,10-11H2,1-5H3,(H,17,21). The molecule has 1 atom stereocenters. The van der Waals surface area contributed by atoms with Crippen LogP contribution in [0.5, 0.6) is 0 Å².